The van der Waals surface area contributed by atoms with Crippen molar-refractivity contribution in [2.75, 3.05) is 0 Å². The van der Waals surface area contributed by atoms with E-state index in [4.69, 9.17) is 0 Å². The zero-order valence-electron chi connectivity index (χ0n) is 5.74. The molecule has 2 aliphatic rings. The van der Waals surface area contributed by atoms with Gasteiger partial charge >= 0.3 is 0 Å². The van der Waals surface area contributed by atoms with Gasteiger partial charge in [0, 0.05) is 0 Å². The molecule has 3 atom stereocenters. The van der Waals surface area contributed by atoms with Crippen LogP contribution in [0.4, 0.5) is 0 Å². The molecule has 0 bridgehead atoms. The second-order valence-corrected chi connectivity index (χ2v) is 2.51. The van der Waals surface area contributed by atoms with Crippen molar-refractivity contribution in [3.63, 3.8) is 0 Å². The number of fused-ring (bicyclic) bond motifs is 1. The minimum Gasteiger partial charge on any atom is -0.595 e. The first-order valence-corrected chi connectivity index (χ1v) is 3.42. The largest absolute Gasteiger partial charge is 0.595 e. The summed E-state index contributed by atoms with van der Waals surface area (Å²) in [5.74, 6) is 0. The lowest BCUT2D eigenvalue weighted by Crippen LogP contribution is -3.17. The fourth-order valence-electron chi connectivity index (χ4n) is 1.27. The summed E-state index contributed by atoms with van der Waals surface area (Å²) in [6.45, 7) is 0. The van der Waals surface area contributed by atoms with Crippen molar-refractivity contribution in [1.82, 2.24) is 0 Å². The highest BCUT2D eigenvalue weighted by atomic mass is 17.1. The second kappa shape index (κ2) is 2.40. The van der Waals surface area contributed by atoms with Gasteiger partial charge in [0.1, 0.15) is 0 Å². The van der Waals surface area contributed by atoms with E-state index in [9.17, 15) is 10.4 Å². The zero-order valence-corrected chi connectivity index (χ0v) is 5.74. The molecule has 2 rings (SSSR count). The summed E-state index contributed by atoms with van der Waals surface area (Å²) in [6, 6.07) is -0.420. The van der Waals surface area contributed by atoms with E-state index in [0.29, 0.717) is 12.1 Å². The normalized spacial score (nSPS) is 42.0. The lowest BCUT2D eigenvalue weighted by Gasteiger charge is -2.12. The zero-order chi connectivity index (χ0) is 7.84. The van der Waals surface area contributed by atoms with Crippen LogP contribution in [0.1, 0.15) is 6.42 Å². The monoisotopic (exact) mass is 156 g/mol. The molecular weight excluding hydrogens is 148 g/mol. The molecule has 2 N–H and O–H groups in total. The molecule has 1 aliphatic heterocycles. The van der Waals surface area contributed by atoms with Crippen molar-refractivity contribution in [2.45, 2.75) is 12.5 Å². The molecule has 0 saturated carbocycles. The average Bonchev–Trinajstić information content (AvgIpc) is 2.30. The van der Waals surface area contributed by atoms with Crippen molar-refractivity contribution < 1.29 is 15.4 Å². The maximum atomic E-state index is 10.9. The standard InChI is InChI=1S/C6H8N2O3/c9-7-5-3-1-2-4-6(5)8(10)11-7/h1,3-5,7-8H,2H2. The third-order valence-electron chi connectivity index (χ3n) is 1.82. The maximum Gasteiger partial charge on any atom is 0.218 e. The molecule has 0 aromatic heterocycles. The Morgan fingerprint density at radius 2 is 2.36 bits per heavy atom. The summed E-state index contributed by atoms with van der Waals surface area (Å²) in [5, 5.41) is 20.8. The van der Waals surface area contributed by atoms with Gasteiger partial charge in [-0.2, -0.15) is 5.23 Å². The van der Waals surface area contributed by atoms with Gasteiger partial charge in [0.25, 0.3) is 0 Å². The molecule has 1 saturated heterocycles. The number of quaternary nitrogens is 2. The number of hydrogen-bond donors (Lipinski definition) is 2. The van der Waals surface area contributed by atoms with E-state index in [1.807, 2.05) is 6.08 Å². The van der Waals surface area contributed by atoms with Crippen LogP contribution in [0.15, 0.2) is 23.9 Å². The smallest absolute Gasteiger partial charge is 0.218 e. The van der Waals surface area contributed by atoms with E-state index in [1.54, 1.807) is 12.2 Å². The summed E-state index contributed by atoms with van der Waals surface area (Å²) in [5.41, 5.74) is 0.498. The van der Waals surface area contributed by atoms with E-state index < -0.39 is 16.5 Å². The maximum absolute atomic E-state index is 10.9. The molecule has 1 fully saturated rings. The van der Waals surface area contributed by atoms with Crippen LogP contribution >= 0.6 is 0 Å². The molecule has 0 radical (unpaired) electrons. The van der Waals surface area contributed by atoms with Gasteiger partial charge in [-0.3, -0.25) is 0 Å². The van der Waals surface area contributed by atoms with Crippen LogP contribution in [0.5, 0.6) is 0 Å². The number of allylic oxidation sites excluding steroid dienone is 2. The number of rotatable bonds is 0. The Kier molecular flexibility index (Phi) is 1.52. The van der Waals surface area contributed by atoms with Gasteiger partial charge in [0.05, 0.1) is 0 Å². The Labute approximate surface area is 63.2 Å². The second-order valence-electron chi connectivity index (χ2n) is 2.51. The highest BCUT2D eigenvalue weighted by molar-refractivity contribution is 5.15. The molecular formula is C6H8N2O3. The quantitative estimate of drug-likeness (QED) is 0.310. The first-order chi connectivity index (χ1) is 5.29. The Morgan fingerprint density at radius 3 is 3.09 bits per heavy atom. The van der Waals surface area contributed by atoms with E-state index >= 15 is 0 Å². The van der Waals surface area contributed by atoms with Gasteiger partial charge in [-0.05, 0) is 23.5 Å². The van der Waals surface area contributed by atoms with Crippen LogP contribution in [0.2, 0.25) is 0 Å². The van der Waals surface area contributed by atoms with Crippen LogP contribution in [0.25, 0.3) is 0 Å². The van der Waals surface area contributed by atoms with Crippen LogP contribution in [-0.2, 0) is 4.94 Å². The molecule has 0 amide bonds. The van der Waals surface area contributed by atoms with Crippen molar-refractivity contribution in [3.05, 3.63) is 34.3 Å². The number of nitrogens with one attached hydrogen (secondary N) is 2. The molecule has 0 aromatic carbocycles. The van der Waals surface area contributed by atoms with Crippen molar-refractivity contribution in [3.8, 4) is 0 Å². The van der Waals surface area contributed by atoms with E-state index in [1.165, 1.54) is 0 Å². The fourth-order valence-corrected chi connectivity index (χ4v) is 1.27. The van der Waals surface area contributed by atoms with Crippen molar-refractivity contribution in [2.24, 2.45) is 0 Å². The highest BCUT2D eigenvalue weighted by Gasteiger charge is 2.37. The molecule has 1 aliphatic carbocycles. The lowest BCUT2D eigenvalue weighted by molar-refractivity contribution is -1.26. The van der Waals surface area contributed by atoms with Gasteiger partial charge in [0.2, 0.25) is 11.7 Å². The van der Waals surface area contributed by atoms with Gasteiger partial charge in [-0.1, -0.05) is 6.08 Å². The van der Waals surface area contributed by atoms with E-state index in [2.05, 4.69) is 4.94 Å². The summed E-state index contributed by atoms with van der Waals surface area (Å²) < 4.78 is 0. The molecule has 5 heteroatoms. The van der Waals surface area contributed by atoms with Gasteiger partial charge < -0.3 is 10.4 Å². The van der Waals surface area contributed by atoms with E-state index in [0.717, 1.165) is 0 Å². The number of hydrogen-bond acceptors (Lipinski definition) is 3. The highest BCUT2D eigenvalue weighted by Crippen LogP contribution is 2.05. The van der Waals surface area contributed by atoms with Gasteiger partial charge in [0.15, 0.2) is 0 Å². The van der Waals surface area contributed by atoms with Crippen molar-refractivity contribution in [1.29, 1.82) is 0 Å². The molecule has 3 unspecified atom stereocenters. The molecule has 0 aromatic rings. The van der Waals surface area contributed by atoms with Crippen LogP contribution in [0.3, 0.4) is 0 Å². The van der Waals surface area contributed by atoms with Crippen LogP contribution in [0, 0.1) is 10.4 Å². The third-order valence-corrected chi connectivity index (χ3v) is 1.82. The minimum absolute atomic E-state index is 0.420. The van der Waals surface area contributed by atoms with Gasteiger partial charge in [-0.25, -0.2) is 0 Å². The molecule has 0 spiro atoms. The third kappa shape index (κ3) is 0.991. The Balaban J connectivity index is 2.27. The first-order valence-electron chi connectivity index (χ1n) is 3.42. The summed E-state index contributed by atoms with van der Waals surface area (Å²) in [7, 11) is 0. The predicted octanol–water partition coefficient (Wildman–Crippen LogP) is -2.18. The SMILES string of the molecule is [O-][NH+]1O[NH+]([O-])C2C=CCC=C21. The van der Waals surface area contributed by atoms with Gasteiger partial charge in [-0.15, -0.1) is 5.23 Å². The van der Waals surface area contributed by atoms with Crippen molar-refractivity contribution >= 4 is 0 Å². The number of hydroxylamine groups is 4. The fraction of sp³-hybridized carbons (Fsp3) is 0.333. The predicted molar refractivity (Wildman–Crippen MR) is 35.4 cm³/mol. The summed E-state index contributed by atoms with van der Waals surface area (Å²) >= 11 is 0. The summed E-state index contributed by atoms with van der Waals surface area (Å²) in [4.78, 5) is 4.41. The molecule has 11 heavy (non-hydrogen) atoms. The Hall–Kier alpha value is -0.720. The van der Waals surface area contributed by atoms with Crippen LogP contribution in [-0.4, -0.2) is 6.04 Å². The molecule has 1 heterocycles. The topological polar surface area (TPSA) is 64.2 Å². The summed E-state index contributed by atoms with van der Waals surface area (Å²) in [6.07, 6.45) is 6.02. The Morgan fingerprint density at radius 1 is 1.55 bits per heavy atom. The van der Waals surface area contributed by atoms with Crippen LogP contribution < -0.4 is 10.5 Å². The average molecular weight is 156 g/mol. The molecule has 5 nitrogen and oxygen atoms in total. The van der Waals surface area contributed by atoms with E-state index in [-0.39, 0.29) is 0 Å². The molecule has 60 valence electrons. The lowest BCUT2D eigenvalue weighted by atomic mass is 10.1. The first kappa shape index (κ1) is 6.96. The Bertz CT molecular complexity index is 226. The minimum atomic E-state index is -0.482.